The predicted molar refractivity (Wildman–Crippen MR) is 67.5 cm³/mol. The zero-order chi connectivity index (χ0) is 13.8. The fraction of sp³-hybridized carbons (Fsp3) is 0.143. The molecule has 5 heteroatoms. The van der Waals surface area contributed by atoms with Gasteiger partial charge in [0.2, 0.25) is 0 Å². The number of esters is 1. The molecule has 0 fully saturated rings. The van der Waals surface area contributed by atoms with E-state index in [4.69, 9.17) is 4.74 Å². The summed E-state index contributed by atoms with van der Waals surface area (Å²) in [6.45, 7) is 0. The molecule has 1 heterocycles. The smallest absolute Gasteiger partial charge is 0.356 e. The zero-order valence-corrected chi connectivity index (χ0v) is 10.5. The Morgan fingerprint density at radius 2 is 1.79 bits per heavy atom. The number of hydrogen-bond acceptors (Lipinski definition) is 4. The van der Waals surface area contributed by atoms with Crippen molar-refractivity contribution in [1.29, 1.82) is 0 Å². The van der Waals surface area contributed by atoms with Gasteiger partial charge in [0.05, 0.1) is 14.2 Å². The van der Waals surface area contributed by atoms with E-state index in [0.29, 0.717) is 17.0 Å². The molecule has 0 amide bonds. The summed E-state index contributed by atoms with van der Waals surface area (Å²) in [5.41, 5.74) is 1.29. The number of aromatic nitrogens is 1. The standard InChI is InChI=1S/C14H12FNO3/c1-18-12-8-7-11(14(17)19-2)16-13(12)9-3-5-10(15)6-4-9/h3-8H,1-2H3. The summed E-state index contributed by atoms with van der Waals surface area (Å²) in [5, 5.41) is 0. The summed E-state index contributed by atoms with van der Waals surface area (Å²) in [6.07, 6.45) is 0. The van der Waals surface area contributed by atoms with Gasteiger partial charge >= 0.3 is 5.97 Å². The van der Waals surface area contributed by atoms with Crippen molar-refractivity contribution in [2.24, 2.45) is 0 Å². The average Bonchev–Trinajstić information content (AvgIpc) is 2.46. The molecule has 0 saturated carbocycles. The van der Waals surface area contributed by atoms with Crippen molar-refractivity contribution in [2.45, 2.75) is 0 Å². The van der Waals surface area contributed by atoms with Crippen molar-refractivity contribution in [2.75, 3.05) is 14.2 Å². The Bertz CT molecular complexity index is 596. The molecule has 2 rings (SSSR count). The maximum Gasteiger partial charge on any atom is 0.356 e. The lowest BCUT2D eigenvalue weighted by Gasteiger charge is -2.09. The average molecular weight is 261 g/mol. The second-order valence-electron chi connectivity index (χ2n) is 3.75. The zero-order valence-electron chi connectivity index (χ0n) is 10.5. The van der Waals surface area contributed by atoms with Crippen LogP contribution >= 0.6 is 0 Å². The molecule has 0 bridgehead atoms. The lowest BCUT2D eigenvalue weighted by molar-refractivity contribution is 0.0594. The molecule has 0 atom stereocenters. The number of halogens is 1. The van der Waals surface area contributed by atoms with Gasteiger partial charge in [0.15, 0.2) is 0 Å². The number of carbonyl (C=O) groups is 1. The minimum absolute atomic E-state index is 0.169. The van der Waals surface area contributed by atoms with Crippen LogP contribution in [0.5, 0.6) is 5.75 Å². The van der Waals surface area contributed by atoms with Crippen LogP contribution in [0.25, 0.3) is 11.3 Å². The summed E-state index contributed by atoms with van der Waals surface area (Å²) in [5.74, 6) is -0.378. The quantitative estimate of drug-likeness (QED) is 0.797. The highest BCUT2D eigenvalue weighted by Gasteiger charge is 2.13. The number of rotatable bonds is 3. The third-order valence-electron chi connectivity index (χ3n) is 2.59. The van der Waals surface area contributed by atoms with Gasteiger partial charge in [0.1, 0.15) is 23.0 Å². The molecule has 0 radical (unpaired) electrons. The largest absolute Gasteiger partial charge is 0.494 e. The Morgan fingerprint density at radius 1 is 1.11 bits per heavy atom. The van der Waals surface area contributed by atoms with Gasteiger partial charge in [-0.3, -0.25) is 0 Å². The molecule has 1 aromatic carbocycles. The maximum atomic E-state index is 12.9. The molecular formula is C14H12FNO3. The molecule has 0 aliphatic heterocycles. The molecule has 0 unspecified atom stereocenters. The van der Waals surface area contributed by atoms with Crippen LogP contribution in [-0.2, 0) is 4.74 Å². The lowest BCUT2D eigenvalue weighted by atomic mass is 10.1. The van der Waals surface area contributed by atoms with Crippen LogP contribution in [0, 0.1) is 5.82 Å². The van der Waals surface area contributed by atoms with E-state index >= 15 is 0 Å². The molecule has 0 aliphatic rings. The molecule has 0 N–H and O–H groups in total. The summed E-state index contributed by atoms with van der Waals surface area (Å²) in [7, 11) is 2.79. The number of methoxy groups -OCH3 is 2. The third-order valence-corrected chi connectivity index (χ3v) is 2.59. The van der Waals surface area contributed by atoms with E-state index in [1.54, 1.807) is 18.2 Å². The van der Waals surface area contributed by atoms with Gasteiger partial charge < -0.3 is 9.47 Å². The van der Waals surface area contributed by atoms with Crippen molar-refractivity contribution in [1.82, 2.24) is 4.98 Å². The van der Waals surface area contributed by atoms with Crippen LogP contribution < -0.4 is 4.74 Å². The molecule has 1 aromatic heterocycles. The Labute approximate surface area is 109 Å². The number of ether oxygens (including phenoxy) is 2. The first-order chi connectivity index (χ1) is 9.15. The number of carbonyl (C=O) groups excluding carboxylic acids is 1. The van der Waals surface area contributed by atoms with Gasteiger partial charge in [0.25, 0.3) is 0 Å². The number of pyridine rings is 1. The molecule has 0 aliphatic carbocycles. The monoisotopic (exact) mass is 261 g/mol. The molecule has 0 spiro atoms. The second kappa shape index (κ2) is 5.48. The van der Waals surface area contributed by atoms with Crippen LogP contribution in [0.2, 0.25) is 0 Å². The first kappa shape index (κ1) is 13.0. The van der Waals surface area contributed by atoms with Crippen molar-refractivity contribution in [3.8, 4) is 17.0 Å². The maximum absolute atomic E-state index is 12.9. The first-order valence-corrected chi connectivity index (χ1v) is 5.55. The molecule has 4 nitrogen and oxygen atoms in total. The second-order valence-corrected chi connectivity index (χ2v) is 3.75. The van der Waals surface area contributed by atoms with Gasteiger partial charge in [-0.05, 0) is 36.4 Å². The highest BCUT2D eigenvalue weighted by Crippen LogP contribution is 2.28. The van der Waals surface area contributed by atoms with Crippen molar-refractivity contribution in [3.05, 3.63) is 47.9 Å². The first-order valence-electron chi connectivity index (χ1n) is 5.55. The molecule has 0 saturated heterocycles. The fourth-order valence-corrected chi connectivity index (χ4v) is 1.64. The molecule has 2 aromatic rings. The minimum atomic E-state index is -0.536. The van der Waals surface area contributed by atoms with E-state index in [-0.39, 0.29) is 11.5 Å². The van der Waals surface area contributed by atoms with Crippen LogP contribution in [0.1, 0.15) is 10.5 Å². The number of hydrogen-bond donors (Lipinski definition) is 0. The summed E-state index contributed by atoms with van der Waals surface area (Å²) in [6, 6.07) is 8.92. The topological polar surface area (TPSA) is 48.4 Å². The SMILES string of the molecule is COC(=O)c1ccc(OC)c(-c2ccc(F)cc2)n1. The van der Waals surface area contributed by atoms with E-state index in [0.717, 1.165) is 0 Å². The normalized spacial score (nSPS) is 10.1. The Hall–Kier alpha value is -2.43. The highest BCUT2D eigenvalue weighted by atomic mass is 19.1. The van der Waals surface area contributed by atoms with Crippen LogP contribution in [0.15, 0.2) is 36.4 Å². The van der Waals surface area contributed by atoms with Crippen molar-refractivity contribution < 1.29 is 18.7 Å². The van der Waals surface area contributed by atoms with Crippen LogP contribution in [0.3, 0.4) is 0 Å². The summed E-state index contributed by atoms with van der Waals surface area (Å²) >= 11 is 0. The van der Waals surface area contributed by atoms with E-state index in [2.05, 4.69) is 9.72 Å². The number of benzene rings is 1. The molecular weight excluding hydrogens is 249 g/mol. The Balaban J connectivity index is 2.52. The Kier molecular flexibility index (Phi) is 3.75. The number of nitrogens with zero attached hydrogens (tertiary/aromatic N) is 1. The summed E-state index contributed by atoms with van der Waals surface area (Å²) < 4.78 is 22.7. The van der Waals surface area contributed by atoms with E-state index in [1.807, 2.05) is 0 Å². The predicted octanol–water partition coefficient (Wildman–Crippen LogP) is 2.68. The van der Waals surface area contributed by atoms with Gasteiger partial charge in [-0.25, -0.2) is 14.2 Å². The van der Waals surface area contributed by atoms with Crippen molar-refractivity contribution in [3.63, 3.8) is 0 Å². The van der Waals surface area contributed by atoms with Crippen LogP contribution in [-0.4, -0.2) is 25.2 Å². The summed E-state index contributed by atoms with van der Waals surface area (Å²) in [4.78, 5) is 15.7. The highest BCUT2D eigenvalue weighted by molar-refractivity contribution is 5.88. The molecule has 98 valence electrons. The van der Waals surface area contributed by atoms with Gasteiger partial charge in [-0.2, -0.15) is 0 Å². The van der Waals surface area contributed by atoms with E-state index < -0.39 is 5.97 Å². The van der Waals surface area contributed by atoms with E-state index in [9.17, 15) is 9.18 Å². The van der Waals surface area contributed by atoms with E-state index in [1.165, 1.54) is 32.4 Å². The fourth-order valence-electron chi connectivity index (χ4n) is 1.64. The Morgan fingerprint density at radius 3 is 2.37 bits per heavy atom. The van der Waals surface area contributed by atoms with Crippen LogP contribution in [0.4, 0.5) is 4.39 Å². The third kappa shape index (κ3) is 2.70. The van der Waals surface area contributed by atoms with Crippen molar-refractivity contribution >= 4 is 5.97 Å². The molecule has 19 heavy (non-hydrogen) atoms. The van der Waals surface area contributed by atoms with Gasteiger partial charge in [-0.15, -0.1) is 0 Å². The van der Waals surface area contributed by atoms with Gasteiger partial charge in [0, 0.05) is 5.56 Å². The lowest BCUT2D eigenvalue weighted by Crippen LogP contribution is -2.05. The van der Waals surface area contributed by atoms with Gasteiger partial charge in [-0.1, -0.05) is 0 Å². The minimum Gasteiger partial charge on any atom is -0.494 e.